The van der Waals surface area contributed by atoms with E-state index in [1.165, 1.54) is 17.3 Å². The number of amides is 3. The second kappa shape index (κ2) is 9.21. The minimum absolute atomic E-state index is 0.153. The highest BCUT2D eigenvalue weighted by Crippen LogP contribution is 2.23. The van der Waals surface area contributed by atoms with Crippen molar-refractivity contribution in [3.8, 4) is 0 Å². The first kappa shape index (κ1) is 19.9. The van der Waals surface area contributed by atoms with E-state index in [1.54, 1.807) is 0 Å². The number of hydroxylamine groups is 1. The maximum absolute atomic E-state index is 12.7. The van der Waals surface area contributed by atoms with Crippen molar-refractivity contribution in [3.05, 3.63) is 0 Å². The molecule has 9 nitrogen and oxygen atoms in total. The molecule has 1 fully saturated rings. The van der Waals surface area contributed by atoms with E-state index in [0.29, 0.717) is 32.2 Å². The predicted octanol–water partition coefficient (Wildman–Crippen LogP) is -0.121. The maximum Gasteiger partial charge on any atom is 0.325 e. The number of nitrogens with one attached hydrogen (secondary N) is 2. The highest BCUT2D eigenvalue weighted by Gasteiger charge is 2.38. The van der Waals surface area contributed by atoms with E-state index in [4.69, 9.17) is 10.3 Å². The molecule has 9 heteroatoms. The first-order chi connectivity index (χ1) is 11.3. The smallest absolute Gasteiger partial charge is 0.325 e. The van der Waals surface area contributed by atoms with Gasteiger partial charge in [0.25, 0.3) is 0 Å². The standard InChI is InChI=1S/C15H25N3O6/c1-3-5-10(8-12(19)17-24)14(21)18-7-4-6-11(18)13(20)16-9(2)15(22)23/h9-11,24H,3-8H2,1-2H3,(H,16,20)(H,17,19)(H,22,23). The Morgan fingerprint density at radius 1 is 1.29 bits per heavy atom. The monoisotopic (exact) mass is 343 g/mol. The normalized spacial score (nSPS) is 19.5. The Balaban J connectivity index is 2.80. The summed E-state index contributed by atoms with van der Waals surface area (Å²) in [5, 5.41) is 19.9. The van der Waals surface area contributed by atoms with E-state index >= 15 is 0 Å². The number of hydrogen-bond donors (Lipinski definition) is 4. The number of hydrogen-bond acceptors (Lipinski definition) is 5. The van der Waals surface area contributed by atoms with Gasteiger partial charge in [0.15, 0.2) is 0 Å². The molecule has 1 saturated heterocycles. The topological polar surface area (TPSA) is 136 Å². The van der Waals surface area contributed by atoms with Crippen molar-refractivity contribution in [2.45, 2.75) is 58.0 Å². The van der Waals surface area contributed by atoms with Crippen LogP contribution in [0.15, 0.2) is 0 Å². The number of carboxylic acids is 1. The van der Waals surface area contributed by atoms with Crippen LogP contribution in [0.4, 0.5) is 0 Å². The van der Waals surface area contributed by atoms with Gasteiger partial charge in [0, 0.05) is 18.9 Å². The van der Waals surface area contributed by atoms with Gasteiger partial charge in [0.1, 0.15) is 12.1 Å². The molecule has 3 atom stereocenters. The Morgan fingerprint density at radius 2 is 1.96 bits per heavy atom. The molecule has 3 unspecified atom stereocenters. The van der Waals surface area contributed by atoms with Crippen LogP contribution in [0, 0.1) is 5.92 Å². The summed E-state index contributed by atoms with van der Waals surface area (Å²) in [6, 6.07) is -1.77. The van der Waals surface area contributed by atoms with Crippen LogP contribution in [-0.4, -0.2) is 57.5 Å². The van der Waals surface area contributed by atoms with Gasteiger partial charge >= 0.3 is 5.97 Å². The third-order valence-corrected chi connectivity index (χ3v) is 4.11. The van der Waals surface area contributed by atoms with E-state index in [2.05, 4.69) is 5.32 Å². The van der Waals surface area contributed by atoms with Gasteiger partial charge in [-0.2, -0.15) is 0 Å². The lowest BCUT2D eigenvalue weighted by Gasteiger charge is -2.28. The Labute approximate surface area is 140 Å². The molecule has 1 aliphatic rings. The lowest BCUT2D eigenvalue weighted by atomic mass is 9.97. The molecule has 1 aliphatic heterocycles. The average Bonchev–Trinajstić information content (AvgIpc) is 3.02. The summed E-state index contributed by atoms with van der Waals surface area (Å²) >= 11 is 0. The zero-order valence-electron chi connectivity index (χ0n) is 13.9. The van der Waals surface area contributed by atoms with Crippen LogP contribution in [0.5, 0.6) is 0 Å². The summed E-state index contributed by atoms with van der Waals surface area (Å²) in [6.07, 6.45) is 2.07. The number of likely N-dealkylation sites (tertiary alicyclic amines) is 1. The number of carbonyl (C=O) groups excluding carboxylic acids is 3. The second-order valence-electron chi connectivity index (χ2n) is 5.98. The van der Waals surface area contributed by atoms with Gasteiger partial charge in [0.05, 0.1) is 0 Å². The van der Waals surface area contributed by atoms with Gasteiger partial charge in [-0.05, 0) is 26.2 Å². The molecule has 0 radical (unpaired) electrons. The van der Waals surface area contributed by atoms with E-state index in [1.807, 2.05) is 6.92 Å². The molecular formula is C15H25N3O6. The number of carbonyl (C=O) groups is 4. The zero-order chi connectivity index (χ0) is 18.3. The summed E-state index contributed by atoms with van der Waals surface area (Å²) in [4.78, 5) is 48.6. The molecule has 0 saturated carbocycles. The zero-order valence-corrected chi connectivity index (χ0v) is 13.9. The van der Waals surface area contributed by atoms with Crippen LogP contribution in [0.1, 0.15) is 46.0 Å². The molecular weight excluding hydrogens is 318 g/mol. The molecule has 136 valence electrons. The lowest BCUT2D eigenvalue weighted by Crippen LogP contribution is -2.51. The molecule has 24 heavy (non-hydrogen) atoms. The van der Waals surface area contributed by atoms with Crippen LogP contribution in [0.2, 0.25) is 0 Å². The van der Waals surface area contributed by atoms with Crippen LogP contribution in [-0.2, 0) is 19.2 Å². The van der Waals surface area contributed by atoms with Crippen molar-refractivity contribution >= 4 is 23.7 Å². The fourth-order valence-corrected chi connectivity index (χ4v) is 2.84. The van der Waals surface area contributed by atoms with E-state index in [0.717, 1.165) is 0 Å². The second-order valence-corrected chi connectivity index (χ2v) is 5.98. The van der Waals surface area contributed by atoms with Crippen molar-refractivity contribution in [2.75, 3.05) is 6.54 Å². The first-order valence-corrected chi connectivity index (χ1v) is 8.08. The molecule has 0 aliphatic carbocycles. The van der Waals surface area contributed by atoms with Crippen LogP contribution in [0.25, 0.3) is 0 Å². The largest absolute Gasteiger partial charge is 0.480 e. The third-order valence-electron chi connectivity index (χ3n) is 4.11. The molecule has 1 heterocycles. The fraction of sp³-hybridized carbons (Fsp3) is 0.733. The quantitative estimate of drug-likeness (QED) is 0.358. The molecule has 0 aromatic carbocycles. The van der Waals surface area contributed by atoms with Crippen LogP contribution in [0.3, 0.4) is 0 Å². The Bertz CT molecular complexity index is 496. The molecule has 0 bridgehead atoms. The van der Waals surface area contributed by atoms with Gasteiger partial charge in [-0.15, -0.1) is 0 Å². The number of rotatable bonds is 8. The molecule has 4 N–H and O–H groups in total. The van der Waals surface area contributed by atoms with Crippen molar-refractivity contribution in [2.24, 2.45) is 5.92 Å². The summed E-state index contributed by atoms with van der Waals surface area (Å²) in [5.41, 5.74) is 1.52. The molecule has 0 aromatic heterocycles. The van der Waals surface area contributed by atoms with Gasteiger partial charge in [0.2, 0.25) is 17.7 Å². The Morgan fingerprint density at radius 3 is 2.50 bits per heavy atom. The lowest BCUT2D eigenvalue weighted by molar-refractivity contribution is -0.146. The molecule has 0 aromatic rings. The predicted molar refractivity (Wildman–Crippen MR) is 82.9 cm³/mol. The minimum Gasteiger partial charge on any atom is -0.480 e. The van der Waals surface area contributed by atoms with E-state index in [-0.39, 0.29) is 12.3 Å². The van der Waals surface area contributed by atoms with Crippen molar-refractivity contribution in [1.82, 2.24) is 15.7 Å². The van der Waals surface area contributed by atoms with Crippen molar-refractivity contribution in [1.29, 1.82) is 0 Å². The van der Waals surface area contributed by atoms with E-state index < -0.39 is 35.8 Å². The van der Waals surface area contributed by atoms with Gasteiger partial charge in [-0.25, -0.2) is 5.48 Å². The fourth-order valence-electron chi connectivity index (χ4n) is 2.84. The Hall–Kier alpha value is -2.16. The molecule has 1 rings (SSSR count). The summed E-state index contributed by atoms with van der Waals surface area (Å²) < 4.78 is 0. The van der Waals surface area contributed by atoms with Crippen LogP contribution >= 0.6 is 0 Å². The summed E-state index contributed by atoms with van der Waals surface area (Å²) in [6.45, 7) is 3.62. The number of aliphatic carboxylic acids is 1. The summed E-state index contributed by atoms with van der Waals surface area (Å²) in [7, 11) is 0. The van der Waals surface area contributed by atoms with Gasteiger partial charge < -0.3 is 15.3 Å². The van der Waals surface area contributed by atoms with Gasteiger partial charge in [-0.3, -0.25) is 24.4 Å². The SMILES string of the molecule is CCCC(CC(=O)NO)C(=O)N1CCCC1C(=O)NC(C)C(=O)O. The number of nitrogens with zero attached hydrogens (tertiary/aromatic N) is 1. The van der Waals surface area contributed by atoms with Crippen LogP contribution < -0.4 is 10.8 Å². The minimum atomic E-state index is -1.15. The van der Waals surface area contributed by atoms with Crippen molar-refractivity contribution < 1.29 is 29.5 Å². The molecule has 3 amide bonds. The van der Waals surface area contributed by atoms with E-state index in [9.17, 15) is 19.2 Å². The highest BCUT2D eigenvalue weighted by atomic mass is 16.5. The Kier molecular flexibility index (Phi) is 7.63. The van der Waals surface area contributed by atoms with Gasteiger partial charge in [-0.1, -0.05) is 13.3 Å². The first-order valence-electron chi connectivity index (χ1n) is 8.08. The number of carboxylic acid groups (broad SMARTS) is 1. The molecule has 0 spiro atoms. The summed E-state index contributed by atoms with van der Waals surface area (Å²) in [5.74, 6) is -3.24. The average molecular weight is 343 g/mol. The third kappa shape index (κ3) is 5.19. The van der Waals surface area contributed by atoms with Crippen molar-refractivity contribution in [3.63, 3.8) is 0 Å². The highest BCUT2D eigenvalue weighted by molar-refractivity contribution is 5.92. The maximum atomic E-state index is 12.7.